The SMILES string of the molecule is [C-]#[N+]C(=C(C#N)c1ccc(OS(=O)(=O)C(F)(F)F)cc1)c1ccc(-c2ccc(N(C)C)cc2)cc1. The third kappa shape index (κ3) is 5.62. The molecular weight excluding hydrogens is 479 g/mol. The van der Waals surface area contributed by atoms with Crippen molar-refractivity contribution in [3.05, 3.63) is 95.3 Å². The number of alkyl halides is 3. The van der Waals surface area contributed by atoms with Gasteiger partial charge < -0.3 is 9.08 Å². The zero-order chi connectivity index (χ0) is 25.8. The van der Waals surface area contributed by atoms with E-state index in [-0.39, 0.29) is 16.8 Å². The van der Waals surface area contributed by atoms with E-state index < -0.39 is 21.4 Å². The van der Waals surface area contributed by atoms with E-state index in [1.54, 1.807) is 12.1 Å². The van der Waals surface area contributed by atoms with Crippen molar-refractivity contribution in [3.8, 4) is 22.9 Å². The molecule has 0 unspecified atom stereocenters. The number of allylic oxidation sites excluding steroid dienone is 1. The van der Waals surface area contributed by atoms with Crippen LogP contribution in [0.2, 0.25) is 0 Å². The lowest BCUT2D eigenvalue weighted by Crippen LogP contribution is -2.28. The molecule has 178 valence electrons. The molecule has 0 saturated carbocycles. The van der Waals surface area contributed by atoms with E-state index in [0.29, 0.717) is 5.56 Å². The second kappa shape index (κ2) is 9.92. The number of rotatable bonds is 6. The summed E-state index contributed by atoms with van der Waals surface area (Å²) in [5.41, 5.74) is -1.92. The lowest BCUT2D eigenvalue weighted by atomic mass is 9.98. The fourth-order valence-corrected chi connectivity index (χ4v) is 3.60. The first kappa shape index (κ1) is 25.3. The van der Waals surface area contributed by atoms with Crippen LogP contribution in [0.15, 0.2) is 72.8 Å². The van der Waals surface area contributed by atoms with Crippen LogP contribution in [-0.2, 0) is 10.1 Å². The Balaban J connectivity index is 1.91. The molecule has 0 radical (unpaired) electrons. The van der Waals surface area contributed by atoms with Crippen LogP contribution in [0.5, 0.6) is 5.75 Å². The van der Waals surface area contributed by atoms with E-state index in [9.17, 15) is 26.9 Å². The quantitative estimate of drug-likeness (QED) is 0.138. The maximum Gasteiger partial charge on any atom is 0.534 e. The molecule has 0 spiro atoms. The Morgan fingerprint density at radius 3 is 1.83 bits per heavy atom. The van der Waals surface area contributed by atoms with Gasteiger partial charge in [-0.3, -0.25) is 0 Å². The Labute approximate surface area is 201 Å². The summed E-state index contributed by atoms with van der Waals surface area (Å²) in [6, 6.07) is 21.3. The molecule has 0 bridgehead atoms. The van der Waals surface area contributed by atoms with Crippen LogP contribution in [0.25, 0.3) is 27.2 Å². The van der Waals surface area contributed by atoms with Crippen LogP contribution in [0.3, 0.4) is 0 Å². The molecular formula is C25H18F3N3O3S. The summed E-state index contributed by atoms with van der Waals surface area (Å²) in [5, 5.41) is 9.68. The van der Waals surface area contributed by atoms with E-state index in [4.69, 9.17) is 6.57 Å². The molecule has 0 saturated heterocycles. The summed E-state index contributed by atoms with van der Waals surface area (Å²) >= 11 is 0. The summed E-state index contributed by atoms with van der Waals surface area (Å²) in [4.78, 5) is 5.46. The van der Waals surface area contributed by atoms with Crippen LogP contribution < -0.4 is 9.08 Å². The first-order valence-corrected chi connectivity index (χ1v) is 11.4. The van der Waals surface area contributed by atoms with Crippen molar-refractivity contribution < 1.29 is 25.8 Å². The smallest absolute Gasteiger partial charge is 0.378 e. The third-order valence-electron chi connectivity index (χ3n) is 4.97. The fraction of sp³-hybridized carbons (Fsp3) is 0.120. The highest BCUT2D eigenvalue weighted by Gasteiger charge is 2.48. The van der Waals surface area contributed by atoms with E-state index >= 15 is 0 Å². The first-order chi connectivity index (χ1) is 16.5. The second-order valence-corrected chi connectivity index (χ2v) is 9.01. The maximum atomic E-state index is 12.5. The van der Waals surface area contributed by atoms with Crippen molar-refractivity contribution in [2.45, 2.75) is 5.51 Å². The van der Waals surface area contributed by atoms with E-state index in [2.05, 4.69) is 9.03 Å². The predicted octanol–water partition coefficient (Wildman–Crippen LogP) is 5.96. The molecule has 10 heteroatoms. The zero-order valence-electron chi connectivity index (χ0n) is 18.5. The molecule has 3 rings (SSSR count). The van der Waals surface area contributed by atoms with Crippen molar-refractivity contribution >= 4 is 27.1 Å². The van der Waals surface area contributed by atoms with Crippen LogP contribution in [0, 0.1) is 17.9 Å². The van der Waals surface area contributed by atoms with Gasteiger partial charge in [0.25, 0.3) is 0 Å². The second-order valence-electron chi connectivity index (χ2n) is 7.47. The molecule has 0 aliphatic rings. The van der Waals surface area contributed by atoms with Gasteiger partial charge in [0.2, 0.25) is 5.70 Å². The van der Waals surface area contributed by atoms with E-state index in [1.165, 1.54) is 12.1 Å². The minimum absolute atomic E-state index is 0.0201. The summed E-state index contributed by atoms with van der Waals surface area (Å²) < 4.78 is 63.9. The molecule has 0 atom stereocenters. The number of benzene rings is 3. The highest BCUT2D eigenvalue weighted by molar-refractivity contribution is 7.88. The molecule has 3 aromatic rings. The van der Waals surface area contributed by atoms with E-state index in [0.717, 1.165) is 28.9 Å². The summed E-state index contributed by atoms with van der Waals surface area (Å²) in [5.74, 6) is -0.572. The lowest BCUT2D eigenvalue weighted by Gasteiger charge is -2.13. The first-order valence-electron chi connectivity index (χ1n) is 9.98. The fourth-order valence-electron chi connectivity index (χ4n) is 3.14. The lowest BCUT2D eigenvalue weighted by molar-refractivity contribution is -0.0500. The Morgan fingerprint density at radius 2 is 1.40 bits per heavy atom. The monoisotopic (exact) mass is 497 g/mol. The molecule has 0 aliphatic carbocycles. The predicted molar refractivity (Wildman–Crippen MR) is 127 cm³/mol. The van der Waals surface area contributed by atoms with Gasteiger partial charge in [0.05, 0.1) is 18.2 Å². The van der Waals surface area contributed by atoms with Crippen molar-refractivity contribution in [2.75, 3.05) is 19.0 Å². The maximum absolute atomic E-state index is 12.5. The van der Waals surface area contributed by atoms with Gasteiger partial charge in [-0.2, -0.15) is 26.9 Å². The van der Waals surface area contributed by atoms with Crippen LogP contribution in [0.4, 0.5) is 18.9 Å². The summed E-state index contributed by atoms with van der Waals surface area (Å²) in [6.07, 6.45) is 0. The number of anilines is 1. The van der Waals surface area contributed by atoms with Gasteiger partial charge in [-0.05, 0) is 46.5 Å². The topological polar surface area (TPSA) is 74.8 Å². The minimum Gasteiger partial charge on any atom is -0.378 e. The van der Waals surface area contributed by atoms with Gasteiger partial charge in [-0.25, -0.2) is 4.85 Å². The molecule has 6 nitrogen and oxygen atoms in total. The highest BCUT2D eigenvalue weighted by atomic mass is 32.2. The normalized spacial score (nSPS) is 12.2. The third-order valence-corrected chi connectivity index (χ3v) is 5.95. The number of hydrogen-bond acceptors (Lipinski definition) is 5. The van der Waals surface area contributed by atoms with Crippen molar-refractivity contribution in [1.82, 2.24) is 0 Å². The average Bonchev–Trinajstić information content (AvgIpc) is 2.82. The number of halogens is 3. The van der Waals surface area contributed by atoms with Crippen molar-refractivity contribution in [3.63, 3.8) is 0 Å². The summed E-state index contributed by atoms with van der Waals surface area (Å²) in [7, 11) is -1.93. The van der Waals surface area contributed by atoms with Gasteiger partial charge >= 0.3 is 15.6 Å². The Bertz CT molecular complexity index is 1430. The number of hydrogen-bond donors (Lipinski definition) is 0. The molecule has 0 aliphatic heterocycles. The molecule has 0 heterocycles. The van der Waals surface area contributed by atoms with E-state index in [1.807, 2.05) is 61.5 Å². The van der Waals surface area contributed by atoms with Crippen molar-refractivity contribution in [2.24, 2.45) is 0 Å². The molecule has 0 N–H and O–H groups in total. The Kier molecular flexibility index (Phi) is 7.18. The van der Waals surface area contributed by atoms with Crippen LogP contribution >= 0.6 is 0 Å². The molecule has 0 aromatic heterocycles. The minimum atomic E-state index is -5.82. The van der Waals surface area contributed by atoms with Gasteiger partial charge in [0, 0.05) is 19.8 Å². The summed E-state index contributed by atoms with van der Waals surface area (Å²) in [6.45, 7) is 7.57. The van der Waals surface area contributed by atoms with Gasteiger partial charge in [0.1, 0.15) is 5.75 Å². The molecule has 3 aromatic carbocycles. The van der Waals surface area contributed by atoms with Crippen LogP contribution in [-0.4, -0.2) is 28.0 Å². The highest BCUT2D eigenvalue weighted by Crippen LogP contribution is 2.32. The Hall–Kier alpha value is -4.28. The van der Waals surface area contributed by atoms with Crippen molar-refractivity contribution in [1.29, 1.82) is 5.26 Å². The van der Waals surface area contributed by atoms with Gasteiger partial charge in [-0.1, -0.05) is 48.5 Å². The van der Waals surface area contributed by atoms with Gasteiger partial charge in [-0.15, -0.1) is 0 Å². The number of nitriles is 1. The molecule has 35 heavy (non-hydrogen) atoms. The zero-order valence-corrected chi connectivity index (χ0v) is 19.4. The number of nitrogens with zero attached hydrogens (tertiary/aromatic N) is 3. The standard InChI is InChI=1S/C25H18F3N3O3S/c1-30-24(20-6-4-17(5-7-20)18-8-12-21(13-9-18)31(2)3)23(16-29)19-10-14-22(15-11-19)34-35(32,33)25(26,27)28/h4-15H,2-3H3. The average molecular weight is 497 g/mol. The Morgan fingerprint density at radius 1 is 0.914 bits per heavy atom. The molecule has 0 fully saturated rings. The van der Waals surface area contributed by atoms with Crippen LogP contribution in [0.1, 0.15) is 11.1 Å². The van der Waals surface area contributed by atoms with Gasteiger partial charge in [0.15, 0.2) is 0 Å². The molecule has 0 amide bonds. The largest absolute Gasteiger partial charge is 0.534 e.